The summed E-state index contributed by atoms with van der Waals surface area (Å²) in [5.41, 5.74) is 0.788. The topological polar surface area (TPSA) is 64.9 Å². The molecule has 6 nitrogen and oxygen atoms in total. The van der Waals surface area contributed by atoms with E-state index in [-0.39, 0.29) is 0 Å². The Morgan fingerprint density at radius 1 is 1.35 bits per heavy atom. The van der Waals surface area contributed by atoms with Crippen molar-refractivity contribution in [1.29, 1.82) is 0 Å². The molecule has 0 saturated carbocycles. The summed E-state index contributed by atoms with van der Waals surface area (Å²) in [5.74, 6) is 0.599. The SMILES string of the molecule is CCCNCCOc1ncnc2c1cnn2C. The van der Waals surface area contributed by atoms with E-state index < -0.39 is 0 Å². The number of aryl methyl sites for hydroxylation is 1. The predicted molar refractivity (Wildman–Crippen MR) is 65.0 cm³/mol. The number of aromatic nitrogens is 4. The van der Waals surface area contributed by atoms with Crippen LogP contribution in [0.2, 0.25) is 0 Å². The molecule has 0 atom stereocenters. The van der Waals surface area contributed by atoms with Crippen LogP contribution in [0.15, 0.2) is 12.5 Å². The van der Waals surface area contributed by atoms with Crippen LogP contribution >= 0.6 is 0 Å². The van der Waals surface area contributed by atoms with Crippen molar-refractivity contribution in [3.63, 3.8) is 0 Å². The third kappa shape index (κ3) is 2.71. The standard InChI is InChI=1S/C11H17N5O/c1-3-4-12-5-6-17-11-9-7-15-16(2)10(9)13-8-14-11/h7-8,12H,3-6H2,1-2H3. The lowest BCUT2D eigenvalue weighted by Crippen LogP contribution is -2.21. The third-order valence-electron chi connectivity index (χ3n) is 2.44. The number of ether oxygens (including phenoxy) is 1. The molecule has 0 amide bonds. The highest BCUT2D eigenvalue weighted by Crippen LogP contribution is 2.19. The van der Waals surface area contributed by atoms with Crippen molar-refractivity contribution in [3.05, 3.63) is 12.5 Å². The summed E-state index contributed by atoms with van der Waals surface area (Å²) >= 11 is 0. The number of fused-ring (bicyclic) bond motifs is 1. The van der Waals surface area contributed by atoms with Gasteiger partial charge in [-0.3, -0.25) is 4.68 Å². The fourth-order valence-electron chi connectivity index (χ4n) is 1.58. The predicted octanol–water partition coefficient (Wildman–Crippen LogP) is 0.742. The summed E-state index contributed by atoms with van der Waals surface area (Å²) in [7, 11) is 1.85. The largest absolute Gasteiger partial charge is 0.476 e. The fraction of sp³-hybridized carbons (Fsp3) is 0.545. The van der Waals surface area contributed by atoms with Gasteiger partial charge in [0.15, 0.2) is 5.65 Å². The molecule has 6 heteroatoms. The van der Waals surface area contributed by atoms with E-state index in [1.165, 1.54) is 6.33 Å². The van der Waals surface area contributed by atoms with Crippen molar-refractivity contribution in [1.82, 2.24) is 25.1 Å². The second-order valence-corrected chi connectivity index (χ2v) is 3.78. The van der Waals surface area contributed by atoms with E-state index in [0.29, 0.717) is 12.5 Å². The molecule has 0 saturated heterocycles. The van der Waals surface area contributed by atoms with E-state index in [1.807, 2.05) is 7.05 Å². The van der Waals surface area contributed by atoms with Crippen molar-refractivity contribution in [2.45, 2.75) is 13.3 Å². The zero-order valence-corrected chi connectivity index (χ0v) is 10.2. The number of rotatable bonds is 6. The van der Waals surface area contributed by atoms with Crippen molar-refractivity contribution in [2.24, 2.45) is 7.05 Å². The molecule has 92 valence electrons. The molecule has 0 aliphatic carbocycles. The van der Waals surface area contributed by atoms with Crippen LogP contribution in [0.4, 0.5) is 0 Å². The van der Waals surface area contributed by atoms with Crippen molar-refractivity contribution < 1.29 is 4.74 Å². The van der Waals surface area contributed by atoms with Gasteiger partial charge in [-0.15, -0.1) is 0 Å². The molecule has 0 unspecified atom stereocenters. The van der Waals surface area contributed by atoms with Crippen LogP contribution < -0.4 is 10.1 Å². The minimum absolute atomic E-state index is 0.598. The van der Waals surface area contributed by atoms with Gasteiger partial charge in [-0.25, -0.2) is 9.97 Å². The lowest BCUT2D eigenvalue weighted by Gasteiger charge is -2.06. The molecule has 0 bridgehead atoms. The lowest BCUT2D eigenvalue weighted by molar-refractivity contribution is 0.306. The lowest BCUT2D eigenvalue weighted by atomic mass is 10.4. The normalized spacial score (nSPS) is 10.9. The van der Waals surface area contributed by atoms with Gasteiger partial charge < -0.3 is 10.1 Å². The quantitative estimate of drug-likeness (QED) is 0.748. The average Bonchev–Trinajstić information content (AvgIpc) is 2.72. The maximum Gasteiger partial charge on any atom is 0.227 e. The molecule has 2 heterocycles. The highest BCUT2D eigenvalue weighted by atomic mass is 16.5. The highest BCUT2D eigenvalue weighted by molar-refractivity contribution is 5.79. The molecule has 2 rings (SSSR count). The number of hydrogen-bond acceptors (Lipinski definition) is 5. The van der Waals surface area contributed by atoms with Crippen LogP contribution in [-0.2, 0) is 7.05 Å². The zero-order chi connectivity index (χ0) is 12.1. The monoisotopic (exact) mass is 235 g/mol. The van der Waals surface area contributed by atoms with Gasteiger partial charge in [-0.2, -0.15) is 5.10 Å². The molecule has 0 aliphatic heterocycles. The molecule has 1 N–H and O–H groups in total. The summed E-state index contributed by atoms with van der Waals surface area (Å²) in [4.78, 5) is 8.28. The molecule has 2 aromatic heterocycles. The average molecular weight is 235 g/mol. The summed E-state index contributed by atoms with van der Waals surface area (Å²) in [5, 5.41) is 8.25. The summed E-state index contributed by atoms with van der Waals surface area (Å²) in [6.45, 7) is 4.56. The Bertz CT molecular complexity index is 482. The Kier molecular flexibility index (Phi) is 3.87. The Hall–Kier alpha value is -1.69. The Morgan fingerprint density at radius 3 is 3.06 bits per heavy atom. The Balaban J connectivity index is 1.99. The van der Waals surface area contributed by atoms with Crippen LogP contribution in [0.1, 0.15) is 13.3 Å². The minimum atomic E-state index is 0.598. The molecule has 17 heavy (non-hydrogen) atoms. The molecular formula is C11H17N5O. The minimum Gasteiger partial charge on any atom is -0.476 e. The molecule has 0 radical (unpaired) electrons. The zero-order valence-electron chi connectivity index (χ0n) is 10.2. The first-order chi connectivity index (χ1) is 8.33. The van der Waals surface area contributed by atoms with E-state index in [4.69, 9.17) is 4.74 Å². The van der Waals surface area contributed by atoms with E-state index in [2.05, 4.69) is 27.3 Å². The van der Waals surface area contributed by atoms with Gasteiger partial charge in [0.2, 0.25) is 5.88 Å². The maximum atomic E-state index is 5.61. The first kappa shape index (κ1) is 11.8. The van der Waals surface area contributed by atoms with Gasteiger partial charge in [0.25, 0.3) is 0 Å². The summed E-state index contributed by atoms with van der Waals surface area (Å²) < 4.78 is 7.32. The van der Waals surface area contributed by atoms with Crippen LogP contribution in [0.5, 0.6) is 5.88 Å². The number of hydrogen-bond donors (Lipinski definition) is 1. The molecule has 0 aromatic carbocycles. The summed E-state index contributed by atoms with van der Waals surface area (Å²) in [6.07, 6.45) is 4.35. The third-order valence-corrected chi connectivity index (χ3v) is 2.44. The fourth-order valence-corrected chi connectivity index (χ4v) is 1.58. The van der Waals surface area contributed by atoms with E-state index in [0.717, 1.165) is 30.5 Å². The molecule has 2 aromatic rings. The molecule has 0 fully saturated rings. The van der Waals surface area contributed by atoms with Crippen LogP contribution in [0.3, 0.4) is 0 Å². The first-order valence-corrected chi connectivity index (χ1v) is 5.79. The molecule has 0 spiro atoms. The van der Waals surface area contributed by atoms with Crippen LogP contribution in [0.25, 0.3) is 11.0 Å². The van der Waals surface area contributed by atoms with Gasteiger partial charge >= 0.3 is 0 Å². The van der Waals surface area contributed by atoms with E-state index in [1.54, 1.807) is 10.9 Å². The van der Waals surface area contributed by atoms with Crippen LogP contribution in [0, 0.1) is 0 Å². The number of nitrogens with one attached hydrogen (secondary N) is 1. The van der Waals surface area contributed by atoms with Gasteiger partial charge in [-0.1, -0.05) is 6.92 Å². The van der Waals surface area contributed by atoms with Gasteiger partial charge in [0, 0.05) is 13.6 Å². The van der Waals surface area contributed by atoms with Crippen molar-refractivity contribution >= 4 is 11.0 Å². The van der Waals surface area contributed by atoms with Gasteiger partial charge in [-0.05, 0) is 13.0 Å². The Morgan fingerprint density at radius 2 is 2.24 bits per heavy atom. The highest BCUT2D eigenvalue weighted by Gasteiger charge is 2.08. The van der Waals surface area contributed by atoms with Gasteiger partial charge in [0.05, 0.1) is 6.20 Å². The van der Waals surface area contributed by atoms with Crippen molar-refractivity contribution in [3.8, 4) is 5.88 Å². The van der Waals surface area contributed by atoms with E-state index >= 15 is 0 Å². The summed E-state index contributed by atoms with van der Waals surface area (Å²) in [6, 6.07) is 0. The van der Waals surface area contributed by atoms with E-state index in [9.17, 15) is 0 Å². The van der Waals surface area contributed by atoms with Gasteiger partial charge in [0.1, 0.15) is 18.3 Å². The smallest absolute Gasteiger partial charge is 0.227 e. The Labute approximate surface area is 100 Å². The second-order valence-electron chi connectivity index (χ2n) is 3.78. The molecular weight excluding hydrogens is 218 g/mol. The number of nitrogens with zero attached hydrogens (tertiary/aromatic N) is 4. The molecule has 0 aliphatic rings. The first-order valence-electron chi connectivity index (χ1n) is 5.79. The second kappa shape index (κ2) is 5.58. The van der Waals surface area contributed by atoms with Crippen molar-refractivity contribution in [2.75, 3.05) is 19.7 Å². The maximum absolute atomic E-state index is 5.61. The van der Waals surface area contributed by atoms with Crippen LogP contribution in [-0.4, -0.2) is 39.4 Å².